The van der Waals surface area contributed by atoms with E-state index in [1.54, 1.807) is 53.1 Å². The summed E-state index contributed by atoms with van der Waals surface area (Å²) >= 11 is 1.17. The van der Waals surface area contributed by atoms with Crippen LogP contribution >= 0.6 is 11.3 Å². The molecule has 0 fully saturated rings. The van der Waals surface area contributed by atoms with Gasteiger partial charge in [0.25, 0.3) is 0 Å². The quantitative estimate of drug-likeness (QED) is 0.463. The van der Waals surface area contributed by atoms with Gasteiger partial charge < -0.3 is 4.57 Å². The molecule has 0 saturated heterocycles. The van der Waals surface area contributed by atoms with Crippen LogP contribution in [0.1, 0.15) is 12.0 Å². The summed E-state index contributed by atoms with van der Waals surface area (Å²) in [5, 5.41) is 0. The number of hydrogen-bond acceptors (Lipinski definition) is 6. The van der Waals surface area contributed by atoms with Crippen molar-refractivity contribution in [1.29, 1.82) is 0 Å². The molecule has 3 rings (SSSR count). The first-order valence-electron chi connectivity index (χ1n) is 9.35. The van der Waals surface area contributed by atoms with E-state index in [1.807, 2.05) is 0 Å². The van der Waals surface area contributed by atoms with Crippen LogP contribution in [0.15, 0.2) is 71.1 Å². The van der Waals surface area contributed by atoms with Crippen molar-refractivity contribution in [3.8, 4) is 0 Å². The van der Waals surface area contributed by atoms with Gasteiger partial charge in [-0.05, 0) is 23.8 Å². The van der Waals surface area contributed by atoms with Crippen LogP contribution < -0.4 is 4.80 Å². The number of fused-ring (bicyclic) bond motifs is 1. The van der Waals surface area contributed by atoms with Crippen LogP contribution in [-0.4, -0.2) is 39.3 Å². The van der Waals surface area contributed by atoms with E-state index in [1.165, 1.54) is 17.4 Å². The third kappa shape index (κ3) is 5.99. The maximum Gasteiger partial charge on any atom is 0.249 e. The Hall–Kier alpha value is -2.56. The number of aromatic nitrogens is 1. The van der Waals surface area contributed by atoms with Gasteiger partial charge in [-0.1, -0.05) is 47.7 Å². The van der Waals surface area contributed by atoms with Crippen LogP contribution in [0.2, 0.25) is 0 Å². The molecule has 0 aliphatic carbocycles. The first-order valence-corrected chi connectivity index (χ1v) is 13.9. The number of nitrogens with zero attached hydrogens (tertiary/aromatic N) is 2. The molecule has 0 aliphatic rings. The standard InChI is InChI=1S/C21H22N2O5S3/c1-3-12-23-18-10-9-17(30(2,25)26)14-19(18)29-21(23)22-20(24)11-13-31(27,28)15-16-7-5-4-6-8-16/h3-10,14H,1,11-13,15H2,2H3. The van der Waals surface area contributed by atoms with Gasteiger partial charge in [0.2, 0.25) is 5.91 Å². The first kappa shape index (κ1) is 23.1. The monoisotopic (exact) mass is 478 g/mol. The minimum Gasteiger partial charge on any atom is -0.313 e. The molecule has 0 unspecified atom stereocenters. The molecule has 0 radical (unpaired) electrons. The fraction of sp³-hybridized carbons (Fsp3) is 0.238. The molecule has 0 aliphatic heterocycles. The van der Waals surface area contributed by atoms with E-state index in [-0.39, 0.29) is 22.8 Å². The van der Waals surface area contributed by atoms with Gasteiger partial charge in [-0.2, -0.15) is 4.99 Å². The summed E-state index contributed by atoms with van der Waals surface area (Å²) < 4.78 is 50.7. The van der Waals surface area contributed by atoms with Crippen molar-refractivity contribution in [1.82, 2.24) is 4.57 Å². The predicted octanol–water partition coefficient (Wildman–Crippen LogP) is 2.72. The fourth-order valence-corrected chi connectivity index (χ4v) is 6.13. The molecule has 0 saturated carbocycles. The lowest BCUT2D eigenvalue weighted by Gasteiger charge is -2.03. The zero-order valence-electron chi connectivity index (χ0n) is 16.9. The largest absolute Gasteiger partial charge is 0.313 e. The van der Waals surface area contributed by atoms with Gasteiger partial charge in [-0.3, -0.25) is 4.79 Å². The van der Waals surface area contributed by atoms with Gasteiger partial charge in [0.05, 0.1) is 26.6 Å². The second-order valence-corrected chi connectivity index (χ2v) is 12.2. The van der Waals surface area contributed by atoms with Gasteiger partial charge in [0.15, 0.2) is 24.5 Å². The number of hydrogen-bond donors (Lipinski definition) is 0. The minimum atomic E-state index is -3.46. The van der Waals surface area contributed by atoms with Crippen LogP contribution in [0.5, 0.6) is 0 Å². The number of amides is 1. The first-order chi connectivity index (χ1) is 14.6. The van der Waals surface area contributed by atoms with Crippen molar-refractivity contribution >= 4 is 47.1 Å². The van der Waals surface area contributed by atoms with E-state index in [0.717, 1.165) is 11.8 Å². The molecule has 1 aromatic heterocycles. The van der Waals surface area contributed by atoms with Crippen LogP contribution in [0.4, 0.5) is 0 Å². The van der Waals surface area contributed by atoms with E-state index in [4.69, 9.17) is 0 Å². The average molecular weight is 479 g/mol. The van der Waals surface area contributed by atoms with Gasteiger partial charge in [-0.25, -0.2) is 16.8 Å². The molecule has 7 nitrogen and oxygen atoms in total. The lowest BCUT2D eigenvalue weighted by atomic mass is 10.2. The zero-order valence-corrected chi connectivity index (χ0v) is 19.3. The Labute approximate surface area is 185 Å². The molecule has 3 aromatic rings. The minimum absolute atomic E-state index is 0.130. The summed E-state index contributed by atoms with van der Waals surface area (Å²) in [6, 6.07) is 13.5. The van der Waals surface area contributed by atoms with Crippen molar-refractivity contribution in [2.45, 2.75) is 23.6 Å². The topological polar surface area (TPSA) is 103 Å². The second-order valence-electron chi connectivity index (χ2n) is 7.02. The number of benzene rings is 2. The van der Waals surface area contributed by atoms with Crippen molar-refractivity contribution in [2.24, 2.45) is 4.99 Å². The molecule has 0 spiro atoms. The van der Waals surface area contributed by atoms with Crippen LogP contribution in [0, 0.1) is 0 Å². The van der Waals surface area contributed by atoms with Crippen LogP contribution in [0.25, 0.3) is 10.2 Å². The third-order valence-electron chi connectivity index (χ3n) is 4.47. The highest BCUT2D eigenvalue weighted by atomic mass is 32.2. The maximum atomic E-state index is 12.4. The van der Waals surface area contributed by atoms with Crippen molar-refractivity contribution in [3.63, 3.8) is 0 Å². The number of rotatable bonds is 8. The summed E-state index contributed by atoms with van der Waals surface area (Å²) in [7, 11) is -6.83. The zero-order chi connectivity index (χ0) is 22.6. The Bertz CT molecular complexity index is 1400. The fourth-order valence-electron chi connectivity index (χ4n) is 2.98. The lowest BCUT2D eigenvalue weighted by Crippen LogP contribution is -2.18. The number of carbonyl (C=O) groups is 1. The summed E-state index contributed by atoms with van der Waals surface area (Å²) in [6.07, 6.45) is 2.54. The molecule has 164 valence electrons. The van der Waals surface area contributed by atoms with Crippen molar-refractivity contribution in [2.75, 3.05) is 12.0 Å². The average Bonchev–Trinajstić information content (AvgIpc) is 3.03. The summed E-state index contributed by atoms with van der Waals surface area (Å²) in [5.74, 6) is -0.979. The maximum absolute atomic E-state index is 12.4. The van der Waals surface area contributed by atoms with Crippen LogP contribution in [0.3, 0.4) is 0 Å². The molecular formula is C21H22N2O5S3. The highest BCUT2D eigenvalue weighted by molar-refractivity contribution is 7.91. The molecule has 1 heterocycles. The SMILES string of the molecule is C=CCn1c(=NC(=O)CCS(=O)(=O)Cc2ccccc2)sc2cc(S(C)(=O)=O)ccc21. The van der Waals surface area contributed by atoms with Gasteiger partial charge >= 0.3 is 0 Å². The molecule has 10 heteroatoms. The molecule has 0 N–H and O–H groups in total. The summed E-state index contributed by atoms with van der Waals surface area (Å²) in [5.41, 5.74) is 1.39. The van der Waals surface area contributed by atoms with E-state index in [9.17, 15) is 21.6 Å². The number of allylic oxidation sites excluding steroid dienone is 1. The Kier molecular flexibility index (Phi) is 6.93. The van der Waals surface area contributed by atoms with E-state index in [0.29, 0.717) is 21.6 Å². The molecule has 1 amide bonds. The predicted molar refractivity (Wildman–Crippen MR) is 122 cm³/mol. The van der Waals surface area contributed by atoms with Gasteiger partial charge in [0, 0.05) is 19.2 Å². The molecule has 2 aromatic carbocycles. The lowest BCUT2D eigenvalue weighted by molar-refractivity contribution is -0.117. The Morgan fingerprint density at radius 3 is 2.48 bits per heavy atom. The van der Waals surface area contributed by atoms with Gasteiger partial charge in [-0.15, -0.1) is 6.58 Å². The summed E-state index contributed by atoms with van der Waals surface area (Å²) in [4.78, 5) is 17.1. The highest BCUT2D eigenvalue weighted by Crippen LogP contribution is 2.22. The normalized spacial score (nSPS) is 12.9. The Balaban J connectivity index is 1.85. The van der Waals surface area contributed by atoms with Crippen LogP contribution in [-0.2, 0) is 36.8 Å². The number of carbonyl (C=O) groups excluding carboxylic acids is 1. The van der Waals surface area contributed by atoms with E-state index >= 15 is 0 Å². The van der Waals surface area contributed by atoms with Crippen molar-refractivity contribution < 1.29 is 21.6 Å². The van der Waals surface area contributed by atoms with Gasteiger partial charge in [0.1, 0.15) is 0 Å². The van der Waals surface area contributed by atoms with E-state index in [2.05, 4.69) is 11.6 Å². The second kappa shape index (κ2) is 9.29. The summed E-state index contributed by atoms with van der Waals surface area (Å²) in [6.45, 7) is 4.08. The van der Waals surface area contributed by atoms with Crippen molar-refractivity contribution in [3.05, 3.63) is 71.6 Å². The highest BCUT2D eigenvalue weighted by Gasteiger charge is 2.16. The molecular weight excluding hydrogens is 456 g/mol. The Morgan fingerprint density at radius 2 is 1.84 bits per heavy atom. The Morgan fingerprint density at radius 1 is 1.13 bits per heavy atom. The molecule has 0 bridgehead atoms. The smallest absolute Gasteiger partial charge is 0.249 e. The third-order valence-corrected chi connectivity index (χ3v) is 8.22. The van der Waals surface area contributed by atoms with E-state index < -0.39 is 25.6 Å². The number of thiazole rings is 1. The number of sulfone groups is 2. The molecule has 0 atom stereocenters. The molecule has 31 heavy (non-hydrogen) atoms.